The van der Waals surface area contributed by atoms with Crippen LogP contribution in [0, 0.1) is 18.3 Å². The van der Waals surface area contributed by atoms with Crippen LogP contribution in [-0.4, -0.2) is 10.9 Å². The van der Waals surface area contributed by atoms with E-state index in [1.54, 1.807) is 6.26 Å². The average Bonchev–Trinajstić information content (AvgIpc) is 2.72. The minimum absolute atomic E-state index is 0.0440. The average molecular weight is 246 g/mol. The van der Waals surface area contributed by atoms with E-state index in [9.17, 15) is 9.90 Å². The molecule has 0 aliphatic heterocycles. The van der Waals surface area contributed by atoms with Gasteiger partial charge in [0.1, 0.15) is 0 Å². The number of allylic oxidation sites excluding steroid dienone is 1. The van der Waals surface area contributed by atoms with E-state index in [4.69, 9.17) is 4.42 Å². The minimum Gasteiger partial charge on any atom is -0.460 e. The van der Waals surface area contributed by atoms with E-state index in [0.29, 0.717) is 17.2 Å². The van der Waals surface area contributed by atoms with Crippen LogP contribution < -0.4 is 0 Å². The Kier molecular flexibility index (Phi) is 2.33. The zero-order valence-corrected chi connectivity index (χ0v) is 11.0. The first-order valence-corrected chi connectivity index (χ1v) is 6.49. The number of aliphatic hydroxyl groups is 1. The molecule has 3 heteroatoms. The molecule has 3 rings (SSSR count). The highest BCUT2D eigenvalue weighted by Gasteiger charge is 2.52. The lowest BCUT2D eigenvalue weighted by atomic mass is 9.58. The summed E-state index contributed by atoms with van der Waals surface area (Å²) < 4.78 is 5.35. The smallest absolute Gasteiger partial charge is 0.224 e. The summed E-state index contributed by atoms with van der Waals surface area (Å²) in [5, 5.41) is 10.7. The summed E-state index contributed by atoms with van der Waals surface area (Å²) in [6.45, 7) is 5.99. The van der Waals surface area contributed by atoms with Crippen molar-refractivity contribution in [2.24, 2.45) is 11.3 Å². The molecule has 2 aliphatic rings. The molecule has 1 heterocycles. The van der Waals surface area contributed by atoms with Crippen molar-refractivity contribution < 1.29 is 14.3 Å². The fraction of sp³-hybridized carbons (Fsp3) is 0.533. The topological polar surface area (TPSA) is 50.4 Å². The van der Waals surface area contributed by atoms with Crippen LogP contribution in [0.1, 0.15) is 54.5 Å². The Morgan fingerprint density at radius 3 is 2.94 bits per heavy atom. The molecule has 0 saturated heterocycles. The standard InChI is InChI=1S/C15H18O3/c1-8-7-18-13-11(8)14(17)15(3)9(2)5-4-6-10(15)12(13)16/h6-7,9,14,17H,4-5H2,1-3H3. The predicted molar refractivity (Wildman–Crippen MR) is 67.3 cm³/mol. The number of hydrogen-bond donors (Lipinski definition) is 1. The normalized spacial score (nSPS) is 34.9. The van der Waals surface area contributed by atoms with Gasteiger partial charge in [-0.05, 0) is 31.2 Å². The lowest BCUT2D eigenvalue weighted by Crippen LogP contribution is -2.43. The van der Waals surface area contributed by atoms with Gasteiger partial charge < -0.3 is 9.52 Å². The van der Waals surface area contributed by atoms with Gasteiger partial charge >= 0.3 is 0 Å². The third-order valence-electron chi connectivity index (χ3n) is 4.87. The molecule has 96 valence electrons. The Hall–Kier alpha value is -1.35. The summed E-state index contributed by atoms with van der Waals surface area (Å²) in [6, 6.07) is 0. The van der Waals surface area contributed by atoms with E-state index in [1.165, 1.54) is 0 Å². The number of hydrogen-bond acceptors (Lipinski definition) is 3. The molecule has 0 spiro atoms. The van der Waals surface area contributed by atoms with Gasteiger partial charge in [-0.3, -0.25) is 4.79 Å². The molecule has 0 bridgehead atoms. The fourth-order valence-electron chi connectivity index (χ4n) is 3.41. The van der Waals surface area contributed by atoms with Gasteiger partial charge in [-0.25, -0.2) is 0 Å². The highest BCUT2D eigenvalue weighted by atomic mass is 16.3. The largest absolute Gasteiger partial charge is 0.460 e. The number of ketones is 1. The van der Waals surface area contributed by atoms with Gasteiger partial charge in [-0.1, -0.05) is 19.9 Å². The molecule has 1 aromatic rings. The monoisotopic (exact) mass is 246 g/mol. The van der Waals surface area contributed by atoms with Crippen LogP contribution in [0.5, 0.6) is 0 Å². The van der Waals surface area contributed by atoms with E-state index >= 15 is 0 Å². The molecule has 1 aromatic heterocycles. The maximum atomic E-state index is 12.5. The van der Waals surface area contributed by atoms with Crippen LogP contribution in [0.4, 0.5) is 0 Å². The van der Waals surface area contributed by atoms with Gasteiger partial charge in [0, 0.05) is 16.6 Å². The first-order valence-electron chi connectivity index (χ1n) is 6.49. The Morgan fingerprint density at radius 2 is 2.22 bits per heavy atom. The summed E-state index contributed by atoms with van der Waals surface area (Å²) in [5.41, 5.74) is 1.81. The van der Waals surface area contributed by atoms with Crippen molar-refractivity contribution in [3.8, 4) is 0 Å². The number of carbonyl (C=O) groups is 1. The van der Waals surface area contributed by atoms with Gasteiger partial charge in [0.25, 0.3) is 0 Å². The molecule has 3 unspecified atom stereocenters. The van der Waals surface area contributed by atoms with Crippen molar-refractivity contribution in [2.45, 2.75) is 39.7 Å². The third kappa shape index (κ3) is 1.20. The maximum absolute atomic E-state index is 12.5. The Bertz CT molecular complexity index is 552. The zero-order valence-electron chi connectivity index (χ0n) is 11.0. The fourth-order valence-corrected chi connectivity index (χ4v) is 3.41. The molecular formula is C15H18O3. The van der Waals surface area contributed by atoms with E-state index < -0.39 is 11.5 Å². The molecule has 0 aromatic carbocycles. The number of aryl methyl sites for hydroxylation is 1. The van der Waals surface area contributed by atoms with E-state index in [-0.39, 0.29) is 5.78 Å². The number of aliphatic hydroxyl groups excluding tert-OH is 1. The van der Waals surface area contributed by atoms with Crippen molar-refractivity contribution in [3.63, 3.8) is 0 Å². The Balaban J connectivity index is 2.28. The number of carbonyl (C=O) groups excluding carboxylic acids is 1. The molecule has 0 radical (unpaired) electrons. The Morgan fingerprint density at radius 1 is 1.50 bits per heavy atom. The summed E-state index contributed by atoms with van der Waals surface area (Å²) >= 11 is 0. The zero-order chi connectivity index (χ0) is 13.1. The maximum Gasteiger partial charge on any atom is 0.224 e. The molecule has 0 amide bonds. The highest BCUT2D eigenvalue weighted by molar-refractivity contribution is 6.10. The second-order valence-electron chi connectivity index (χ2n) is 5.77. The molecule has 2 aliphatic carbocycles. The lowest BCUT2D eigenvalue weighted by Gasteiger charge is -2.46. The minimum atomic E-state index is -0.648. The van der Waals surface area contributed by atoms with Crippen LogP contribution in [0.25, 0.3) is 0 Å². The SMILES string of the molecule is Cc1coc2c1C(O)C1(C)C(=CCCC1C)C2=O. The van der Waals surface area contributed by atoms with Gasteiger partial charge in [0.2, 0.25) is 5.78 Å². The summed E-state index contributed by atoms with van der Waals surface area (Å²) in [5.74, 6) is 0.578. The van der Waals surface area contributed by atoms with Crippen molar-refractivity contribution in [1.82, 2.24) is 0 Å². The number of furan rings is 1. The van der Waals surface area contributed by atoms with Crippen LogP contribution in [0.3, 0.4) is 0 Å². The van der Waals surface area contributed by atoms with Gasteiger partial charge in [0.05, 0.1) is 12.4 Å². The number of Topliss-reactive ketones (excluding diaryl/α,β-unsaturated/α-hetero) is 1. The van der Waals surface area contributed by atoms with Crippen molar-refractivity contribution >= 4 is 5.78 Å². The molecule has 1 N–H and O–H groups in total. The molecule has 18 heavy (non-hydrogen) atoms. The van der Waals surface area contributed by atoms with E-state index in [1.807, 2.05) is 19.9 Å². The van der Waals surface area contributed by atoms with Crippen LogP contribution in [0.15, 0.2) is 22.3 Å². The summed E-state index contributed by atoms with van der Waals surface area (Å²) in [7, 11) is 0. The lowest BCUT2D eigenvalue weighted by molar-refractivity contribution is 0.00786. The van der Waals surface area contributed by atoms with E-state index in [2.05, 4.69) is 6.92 Å². The van der Waals surface area contributed by atoms with Gasteiger partial charge in [0.15, 0.2) is 5.76 Å². The second-order valence-corrected chi connectivity index (χ2v) is 5.77. The molecular weight excluding hydrogens is 228 g/mol. The molecule has 0 saturated carbocycles. The third-order valence-corrected chi connectivity index (χ3v) is 4.87. The van der Waals surface area contributed by atoms with Crippen LogP contribution in [-0.2, 0) is 0 Å². The molecule has 3 atom stereocenters. The van der Waals surface area contributed by atoms with Crippen molar-refractivity contribution in [2.75, 3.05) is 0 Å². The quantitative estimate of drug-likeness (QED) is 0.764. The van der Waals surface area contributed by atoms with Crippen molar-refractivity contribution in [1.29, 1.82) is 0 Å². The first kappa shape index (κ1) is 11.7. The summed E-state index contributed by atoms with van der Waals surface area (Å²) in [4.78, 5) is 12.5. The first-order chi connectivity index (χ1) is 8.48. The second kappa shape index (κ2) is 3.58. The van der Waals surface area contributed by atoms with Gasteiger partial charge in [-0.2, -0.15) is 0 Å². The highest BCUT2D eigenvalue weighted by Crippen LogP contribution is 2.55. The predicted octanol–water partition coefficient (Wildman–Crippen LogP) is 3.18. The van der Waals surface area contributed by atoms with Crippen LogP contribution in [0.2, 0.25) is 0 Å². The van der Waals surface area contributed by atoms with Crippen molar-refractivity contribution in [3.05, 3.63) is 34.8 Å². The van der Waals surface area contributed by atoms with Gasteiger partial charge in [-0.15, -0.1) is 0 Å². The molecule has 0 fully saturated rings. The molecule has 3 nitrogen and oxygen atoms in total. The Labute approximate surface area is 106 Å². The van der Waals surface area contributed by atoms with E-state index in [0.717, 1.165) is 24.0 Å². The number of fused-ring (bicyclic) bond motifs is 2. The van der Waals surface area contributed by atoms with Crippen LogP contribution >= 0.6 is 0 Å². The summed E-state index contributed by atoms with van der Waals surface area (Å²) in [6.07, 6.45) is 4.81. The number of rotatable bonds is 0.